The van der Waals surface area contributed by atoms with Crippen LogP contribution in [0.3, 0.4) is 0 Å². The number of esters is 1. The zero-order valence-electron chi connectivity index (χ0n) is 11.8. The lowest BCUT2D eigenvalue weighted by atomic mass is 10.2. The van der Waals surface area contributed by atoms with Gasteiger partial charge in [-0.1, -0.05) is 23.2 Å². The predicted molar refractivity (Wildman–Crippen MR) is 78.4 cm³/mol. The Balaban J connectivity index is 2.65. The molecule has 0 fully saturated rings. The van der Waals surface area contributed by atoms with Crippen molar-refractivity contribution >= 4 is 41.0 Å². The summed E-state index contributed by atoms with van der Waals surface area (Å²) in [7, 11) is 2.80. The lowest BCUT2D eigenvalue weighted by Gasteiger charge is -2.16. The first kappa shape index (κ1) is 18.2. The van der Waals surface area contributed by atoms with Gasteiger partial charge >= 0.3 is 5.97 Å². The van der Waals surface area contributed by atoms with Gasteiger partial charge in [-0.05, 0) is 12.1 Å². The van der Waals surface area contributed by atoms with Gasteiger partial charge in [0, 0.05) is 14.1 Å². The summed E-state index contributed by atoms with van der Waals surface area (Å²) >= 11 is 11.3. The summed E-state index contributed by atoms with van der Waals surface area (Å²) in [5, 5.41) is 2.02. The summed E-state index contributed by atoms with van der Waals surface area (Å²) in [6.07, 6.45) is 0. The van der Waals surface area contributed by atoms with Gasteiger partial charge < -0.3 is 15.0 Å². The minimum atomic E-state index is -0.970. The highest BCUT2D eigenvalue weighted by Crippen LogP contribution is 2.24. The first-order valence-corrected chi connectivity index (χ1v) is 6.78. The van der Waals surface area contributed by atoms with Gasteiger partial charge in [0.1, 0.15) is 5.82 Å². The second-order valence-electron chi connectivity index (χ2n) is 4.25. The summed E-state index contributed by atoms with van der Waals surface area (Å²) in [6, 6.07) is 1.89. The molecule has 1 aromatic rings. The summed E-state index contributed by atoms with van der Waals surface area (Å²) in [5.41, 5.74) is -0.245. The normalized spacial score (nSPS) is 10.0. The molecule has 0 spiro atoms. The van der Waals surface area contributed by atoms with Crippen LogP contribution in [0.5, 0.6) is 0 Å². The van der Waals surface area contributed by atoms with E-state index in [1.807, 2.05) is 0 Å². The van der Waals surface area contributed by atoms with E-state index in [-0.39, 0.29) is 28.1 Å². The molecular weight excluding hydrogens is 338 g/mol. The maximum atomic E-state index is 13.3. The molecule has 120 valence electrons. The molecule has 0 aromatic heterocycles. The Morgan fingerprint density at radius 1 is 1.27 bits per heavy atom. The number of carbonyl (C=O) groups is 3. The third-order valence-corrected chi connectivity index (χ3v) is 3.24. The van der Waals surface area contributed by atoms with Gasteiger partial charge in [0.05, 0.1) is 22.2 Å². The molecule has 1 N–H and O–H groups in total. The Hall–Kier alpha value is -1.86. The van der Waals surface area contributed by atoms with Gasteiger partial charge in [0.2, 0.25) is 5.91 Å². The fourth-order valence-corrected chi connectivity index (χ4v) is 1.84. The van der Waals surface area contributed by atoms with Crippen molar-refractivity contribution in [3.63, 3.8) is 0 Å². The third kappa shape index (κ3) is 4.85. The van der Waals surface area contributed by atoms with E-state index in [4.69, 9.17) is 27.9 Å². The van der Waals surface area contributed by atoms with E-state index in [0.29, 0.717) is 0 Å². The van der Waals surface area contributed by atoms with Crippen LogP contribution in [0, 0.1) is 5.82 Å². The number of ether oxygens (including phenoxy) is 1. The number of amides is 2. The van der Waals surface area contributed by atoms with Crippen molar-refractivity contribution < 1.29 is 23.5 Å². The molecule has 0 saturated carbocycles. The molecule has 0 saturated heterocycles. The van der Waals surface area contributed by atoms with Gasteiger partial charge in [-0.3, -0.25) is 9.59 Å². The average Bonchev–Trinajstić information content (AvgIpc) is 2.47. The maximum absolute atomic E-state index is 13.3. The Bertz CT molecular complexity index is 610. The van der Waals surface area contributed by atoms with Crippen LogP contribution in [0.4, 0.5) is 4.39 Å². The summed E-state index contributed by atoms with van der Waals surface area (Å²) in [5.74, 6) is -2.77. The number of carbonyl (C=O) groups excluding carboxylic acids is 3. The fraction of sp³-hybridized carbons (Fsp3) is 0.308. The van der Waals surface area contributed by atoms with Crippen LogP contribution in [0.1, 0.15) is 10.4 Å². The van der Waals surface area contributed by atoms with E-state index in [0.717, 1.165) is 17.0 Å². The Labute approximate surface area is 136 Å². The second-order valence-corrected chi connectivity index (χ2v) is 5.06. The van der Waals surface area contributed by atoms with Crippen molar-refractivity contribution in [2.24, 2.45) is 0 Å². The Kier molecular flexibility index (Phi) is 6.58. The van der Waals surface area contributed by atoms with Gasteiger partial charge in [0.25, 0.3) is 5.91 Å². The van der Waals surface area contributed by atoms with Crippen molar-refractivity contribution in [1.29, 1.82) is 0 Å². The first-order valence-electron chi connectivity index (χ1n) is 6.02. The minimum Gasteiger partial charge on any atom is -0.452 e. The largest absolute Gasteiger partial charge is 0.452 e. The molecular formula is C13H13Cl2FN2O4. The van der Waals surface area contributed by atoms with Crippen LogP contribution in [-0.4, -0.2) is 49.9 Å². The molecule has 22 heavy (non-hydrogen) atoms. The third-order valence-electron chi connectivity index (χ3n) is 2.64. The van der Waals surface area contributed by atoms with Crippen LogP contribution < -0.4 is 5.32 Å². The molecule has 0 unspecified atom stereocenters. The number of hydrogen-bond acceptors (Lipinski definition) is 4. The van der Waals surface area contributed by atoms with Crippen molar-refractivity contribution in [3.05, 3.63) is 33.6 Å². The highest BCUT2D eigenvalue weighted by atomic mass is 35.5. The summed E-state index contributed by atoms with van der Waals surface area (Å²) in [4.78, 5) is 35.6. The lowest BCUT2D eigenvalue weighted by Crippen LogP contribution is -2.39. The van der Waals surface area contributed by atoms with Crippen molar-refractivity contribution in [2.45, 2.75) is 0 Å². The first-order chi connectivity index (χ1) is 10.3. The molecule has 0 bridgehead atoms. The molecule has 2 amide bonds. The molecule has 0 atom stereocenters. The minimum absolute atomic E-state index is 0.0948. The average molecular weight is 351 g/mol. The SMILES string of the molecule is CNC(=O)CN(C)C(=O)COC(=O)c1cc(F)c(Cl)cc1Cl. The molecule has 1 aromatic carbocycles. The second kappa shape index (κ2) is 7.95. The molecule has 9 heteroatoms. The lowest BCUT2D eigenvalue weighted by molar-refractivity contribution is -0.137. The zero-order chi connectivity index (χ0) is 16.9. The molecule has 6 nitrogen and oxygen atoms in total. The van der Waals surface area contributed by atoms with E-state index in [2.05, 4.69) is 5.32 Å². The quantitative estimate of drug-likeness (QED) is 0.644. The van der Waals surface area contributed by atoms with Crippen LogP contribution in [0.25, 0.3) is 0 Å². The number of nitrogens with one attached hydrogen (secondary N) is 1. The fourth-order valence-electron chi connectivity index (χ4n) is 1.38. The topological polar surface area (TPSA) is 75.7 Å². The Morgan fingerprint density at radius 2 is 1.91 bits per heavy atom. The smallest absolute Gasteiger partial charge is 0.340 e. The number of likely N-dealkylation sites (N-methyl/N-ethyl adjacent to an activating group) is 2. The van der Waals surface area contributed by atoms with Crippen molar-refractivity contribution in [1.82, 2.24) is 10.2 Å². The zero-order valence-corrected chi connectivity index (χ0v) is 13.3. The molecule has 0 aliphatic heterocycles. The predicted octanol–water partition coefficient (Wildman–Crippen LogP) is 1.49. The van der Waals surface area contributed by atoms with E-state index < -0.39 is 24.3 Å². The standard InChI is InChI=1S/C13H13Cl2FN2O4/c1-17-11(19)5-18(2)12(20)6-22-13(21)7-3-10(16)9(15)4-8(7)14/h3-4H,5-6H2,1-2H3,(H,17,19). The van der Waals surface area contributed by atoms with E-state index >= 15 is 0 Å². The molecule has 0 aliphatic rings. The van der Waals surface area contributed by atoms with E-state index in [1.165, 1.54) is 14.1 Å². The van der Waals surface area contributed by atoms with Crippen molar-refractivity contribution in [3.8, 4) is 0 Å². The number of halogens is 3. The number of benzene rings is 1. The summed E-state index contributed by atoms with van der Waals surface area (Å²) in [6.45, 7) is -0.782. The maximum Gasteiger partial charge on any atom is 0.340 e. The molecule has 0 radical (unpaired) electrons. The van der Waals surface area contributed by atoms with Crippen LogP contribution in [0.2, 0.25) is 10.0 Å². The highest BCUT2D eigenvalue weighted by molar-refractivity contribution is 6.36. The van der Waals surface area contributed by atoms with Crippen molar-refractivity contribution in [2.75, 3.05) is 27.2 Å². The van der Waals surface area contributed by atoms with Crippen LogP contribution >= 0.6 is 23.2 Å². The molecule has 1 rings (SSSR count). The number of nitrogens with zero attached hydrogens (tertiary/aromatic N) is 1. The van der Waals surface area contributed by atoms with Gasteiger partial charge in [-0.15, -0.1) is 0 Å². The monoisotopic (exact) mass is 350 g/mol. The van der Waals surface area contributed by atoms with Crippen LogP contribution in [0.15, 0.2) is 12.1 Å². The van der Waals surface area contributed by atoms with Gasteiger partial charge in [-0.25, -0.2) is 9.18 Å². The highest BCUT2D eigenvalue weighted by Gasteiger charge is 2.18. The summed E-state index contributed by atoms with van der Waals surface area (Å²) < 4.78 is 18.1. The number of hydrogen-bond donors (Lipinski definition) is 1. The molecule has 0 heterocycles. The number of rotatable bonds is 5. The van der Waals surface area contributed by atoms with Gasteiger partial charge in [0.15, 0.2) is 6.61 Å². The van der Waals surface area contributed by atoms with Gasteiger partial charge in [-0.2, -0.15) is 0 Å². The van der Waals surface area contributed by atoms with E-state index in [1.54, 1.807) is 0 Å². The van der Waals surface area contributed by atoms with E-state index in [9.17, 15) is 18.8 Å². The molecule has 0 aliphatic carbocycles. The Morgan fingerprint density at radius 3 is 2.50 bits per heavy atom. The van der Waals surface area contributed by atoms with Crippen LogP contribution in [-0.2, 0) is 14.3 Å².